The zero-order valence-corrected chi connectivity index (χ0v) is 15.9. The fourth-order valence-electron chi connectivity index (χ4n) is 2.84. The quantitative estimate of drug-likeness (QED) is 0.460. The average Bonchev–Trinajstić information content (AvgIpc) is 2.90. The Labute approximate surface area is 160 Å². The molecule has 0 aromatic heterocycles. The number of ether oxygens (including phenoxy) is 3. The number of nitrogens with one attached hydrogen (secondary N) is 1. The van der Waals surface area contributed by atoms with E-state index in [1.165, 1.54) is 5.56 Å². The van der Waals surface area contributed by atoms with Gasteiger partial charge in [0.1, 0.15) is 12.4 Å². The summed E-state index contributed by atoms with van der Waals surface area (Å²) in [5, 5.41) is 3.08. The minimum absolute atomic E-state index is 0.338. The number of hydrogen-bond donors (Lipinski definition) is 2. The molecule has 1 aliphatic rings. The number of rotatable bonds is 6. The molecule has 2 aromatic rings. The van der Waals surface area contributed by atoms with Crippen molar-refractivity contribution in [2.45, 2.75) is 26.2 Å². The molecule has 0 fully saturated rings. The predicted molar refractivity (Wildman–Crippen MR) is 108 cm³/mol. The van der Waals surface area contributed by atoms with Crippen molar-refractivity contribution < 1.29 is 14.2 Å². The smallest absolute Gasteiger partial charge is 0.193 e. The van der Waals surface area contributed by atoms with Crippen molar-refractivity contribution in [3.8, 4) is 17.2 Å². The molecule has 2 aromatic carbocycles. The highest BCUT2D eigenvalue weighted by Crippen LogP contribution is 2.32. The van der Waals surface area contributed by atoms with Gasteiger partial charge in [-0.15, -0.1) is 0 Å². The Hall–Kier alpha value is -2.89. The lowest BCUT2D eigenvalue weighted by atomic mass is 10.0. The van der Waals surface area contributed by atoms with Gasteiger partial charge in [-0.05, 0) is 29.7 Å². The summed E-state index contributed by atoms with van der Waals surface area (Å²) < 4.78 is 17.2. The number of benzene rings is 2. The summed E-state index contributed by atoms with van der Waals surface area (Å²) in [5.74, 6) is 3.13. The average molecular weight is 369 g/mol. The first-order chi connectivity index (χ1) is 13.1. The molecule has 6 heteroatoms. The van der Waals surface area contributed by atoms with Crippen LogP contribution in [-0.4, -0.2) is 32.3 Å². The number of nitrogens with two attached hydrogens (primary N) is 1. The van der Waals surface area contributed by atoms with Gasteiger partial charge in [0, 0.05) is 18.2 Å². The SMILES string of the molecule is CC(C)c1ccccc1OCCN=C(N)Nc1ccc2c(c1)OCCCO2. The maximum absolute atomic E-state index is 5.98. The number of aliphatic imine (C=N–C) groups is 1. The van der Waals surface area contributed by atoms with Gasteiger partial charge in [0.25, 0.3) is 0 Å². The van der Waals surface area contributed by atoms with E-state index in [4.69, 9.17) is 19.9 Å². The van der Waals surface area contributed by atoms with Crippen LogP contribution in [0.2, 0.25) is 0 Å². The van der Waals surface area contributed by atoms with Crippen molar-refractivity contribution in [2.24, 2.45) is 10.7 Å². The van der Waals surface area contributed by atoms with Gasteiger partial charge in [-0.1, -0.05) is 32.0 Å². The molecule has 0 bridgehead atoms. The van der Waals surface area contributed by atoms with Crippen LogP contribution in [0.4, 0.5) is 5.69 Å². The normalized spacial score (nSPS) is 14.0. The van der Waals surface area contributed by atoms with E-state index in [0.717, 1.165) is 29.4 Å². The molecule has 1 heterocycles. The van der Waals surface area contributed by atoms with E-state index >= 15 is 0 Å². The Balaban J connectivity index is 1.52. The molecule has 0 aliphatic carbocycles. The van der Waals surface area contributed by atoms with Gasteiger partial charge >= 0.3 is 0 Å². The molecular formula is C21H27N3O3. The first-order valence-electron chi connectivity index (χ1n) is 9.32. The predicted octanol–water partition coefficient (Wildman–Crippen LogP) is 3.78. The standard InChI is InChI=1S/C21H27N3O3/c1-15(2)17-6-3-4-7-18(17)27-13-10-23-21(22)24-16-8-9-19-20(14-16)26-12-5-11-25-19/h3-4,6-9,14-15H,5,10-13H2,1-2H3,(H3,22,23,24). The molecule has 0 amide bonds. The van der Waals surface area contributed by atoms with Crippen LogP contribution in [0.5, 0.6) is 17.2 Å². The number of hydrogen-bond acceptors (Lipinski definition) is 4. The minimum atomic E-state index is 0.338. The van der Waals surface area contributed by atoms with Crippen LogP contribution >= 0.6 is 0 Å². The van der Waals surface area contributed by atoms with E-state index in [2.05, 4.69) is 30.2 Å². The highest BCUT2D eigenvalue weighted by molar-refractivity contribution is 5.92. The Bertz CT molecular complexity index is 790. The summed E-state index contributed by atoms with van der Waals surface area (Å²) in [4.78, 5) is 4.33. The Kier molecular flexibility index (Phi) is 6.41. The third-order valence-corrected chi connectivity index (χ3v) is 4.19. The largest absolute Gasteiger partial charge is 0.491 e. The van der Waals surface area contributed by atoms with E-state index in [-0.39, 0.29) is 0 Å². The molecule has 0 saturated heterocycles. The number of anilines is 1. The lowest BCUT2D eigenvalue weighted by Crippen LogP contribution is -2.23. The second-order valence-corrected chi connectivity index (χ2v) is 6.64. The minimum Gasteiger partial charge on any atom is -0.491 e. The summed E-state index contributed by atoms with van der Waals surface area (Å²) in [6.07, 6.45) is 0.876. The molecular weight excluding hydrogens is 342 g/mol. The summed E-state index contributed by atoms with van der Waals surface area (Å²) in [5.41, 5.74) is 7.99. The van der Waals surface area contributed by atoms with E-state index in [0.29, 0.717) is 38.2 Å². The van der Waals surface area contributed by atoms with Gasteiger partial charge in [0.2, 0.25) is 0 Å². The number of para-hydroxylation sites is 1. The summed E-state index contributed by atoms with van der Waals surface area (Å²) >= 11 is 0. The molecule has 0 atom stereocenters. The zero-order valence-electron chi connectivity index (χ0n) is 15.9. The van der Waals surface area contributed by atoms with Crippen LogP contribution in [0.25, 0.3) is 0 Å². The van der Waals surface area contributed by atoms with Crippen LogP contribution < -0.4 is 25.3 Å². The highest BCUT2D eigenvalue weighted by atomic mass is 16.5. The molecule has 6 nitrogen and oxygen atoms in total. The highest BCUT2D eigenvalue weighted by Gasteiger charge is 2.11. The zero-order chi connectivity index (χ0) is 19.1. The summed E-state index contributed by atoms with van der Waals surface area (Å²) in [6.45, 7) is 6.55. The first kappa shape index (κ1) is 18.9. The van der Waals surface area contributed by atoms with Crippen molar-refractivity contribution >= 4 is 11.6 Å². The summed E-state index contributed by atoms with van der Waals surface area (Å²) in [7, 11) is 0. The lowest BCUT2D eigenvalue weighted by Gasteiger charge is -2.13. The monoisotopic (exact) mass is 369 g/mol. The van der Waals surface area contributed by atoms with Gasteiger partial charge in [0.05, 0.1) is 19.8 Å². The van der Waals surface area contributed by atoms with Gasteiger partial charge in [-0.3, -0.25) is 0 Å². The Morgan fingerprint density at radius 3 is 2.74 bits per heavy atom. The van der Waals surface area contributed by atoms with Gasteiger partial charge < -0.3 is 25.3 Å². The topological polar surface area (TPSA) is 78.1 Å². The van der Waals surface area contributed by atoms with E-state index in [1.54, 1.807) is 0 Å². The number of guanidine groups is 1. The third-order valence-electron chi connectivity index (χ3n) is 4.19. The van der Waals surface area contributed by atoms with Crippen LogP contribution in [0, 0.1) is 0 Å². The van der Waals surface area contributed by atoms with Crippen LogP contribution in [-0.2, 0) is 0 Å². The van der Waals surface area contributed by atoms with Gasteiger partial charge in [-0.2, -0.15) is 0 Å². The number of fused-ring (bicyclic) bond motifs is 1. The lowest BCUT2D eigenvalue weighted by molar-refractivity contribution is 0.297. The molecule has 1 aliphatic heterocycles. The molecule has 3 N–H and O–H groups in total. The van der Waals surface area contributed by atoms with Crippen molar-refractivity contribution in [2.75, 3.05) is 31.7 Å². The van der Waals surface area contributed by atoms with E-state index in [1.807, 2.05) is 36.4 Å². The molecule has 144 valence electrons. The molecule has 0 saturated carbocycles. The number of nitrogens with zero attached hydrogens (tertiary/aromatic N) is 1. The second-order valence-electron chi connectivity index (χ2n) is 6.64. The fourth-order valence-corrected chi connectivity index (χ4v) is 2.84. The van der Waals surface area contributed by atoms with Crippen molar-refractivity contribution in [1.29, 1.82) is 0 Å². The van der Waals surface area contributed by atoms with Crippen LogP contribution in [0.15, 0.2) is 47.5 Å². The summed E-state index contributed by atoms with van der Waals surface area (Å²) in [6, 6.07) is 13.7. The second kappa shape index (κ2) is 9.16. The molecule has 0 radical (unpaired) electrons. The molecule has 0 unspecified atom stereocenters. The Morgan fingerprint density at radius 1 is 1.15 bits per heavy atom. The van der Waals surface area contributed by atoms with Crippen molar-refractivity contribution in [1.82, 2.24) is 0 Å². The van der Waals surface area contributed by atoms with E-state index < -0.39 is 0 Å². The fraction of sp³-hybridized carbons (Fsp3) is 0.381. The first-order valence-corrected chi connectivity index (χ1v) is 9.32. The molecule has 0 spiro atoms. The van der Waals surface area contributed by atoms with Gasteiger partial charge in [0.15, 0.2) is 17.5 Å². The van der Waals surface area contributed by atoms with Crippen molar-refractivity contribution in [3.63, 3.8) is 0 Å². The van der Waals surface area contributed by atoms with E-state index in [9.17, 15) is 0 Å². The van der Waals surface area contributed by atoms with Gasteiger partial charge in [-0.25, -0.2) is 4.99 Å². The van der Waals surface area contributed by atoms with Crippen molar-refractivity contribution in [3.05, 3.63) is 48.0 Å². The molecule has 27 heavy (non-hydrogen) atoms. The van der Waals surface area contributed by atoms with Crippen LogP contribution in [0.3, 0.4) is 0 Å². The maximum atomic E-state index is 5.98. The molecule has 3 rings (SSSR count). The van der Waals surface area contributed by atoms with Crippen LogP contribution in [0.1, 0.15) is 31.7 Å². The maximum Gasteiger partial charge on any atom is 0.193 e. The Morgan fingerprint density at radius 2 is 1.93 bits per heavy atom. The third kappa shape index (κ3) is 5.29.